The van der Waals surface area contributed by atoms with Gasteiger partial charge in [0.05, 0.1) is 12.1 Å². The van der Waals surface area contributed by atoms with Crippen LogP contribution in [-0.4, -0.2) is 41.9 Å². The number of piperidine rings is 1. The maximum Gasteiger partial charge on any atom is 0.307 e. The van der Waals surface area contributed by atoms with Gasteiger partial charge in [-0.2, -0.15) is 4.31 Å². The number of carbonyl (C=O) groups is 1. The summed E-state index contributed by atoms with van der Waals surface area (Å²) in [5, 5.41) is 9.75. The van der Waals surface area contributed by atoms with Crippen LogP contribution < -0.4 is 0 Å². The first-order valence-corrected chi connectivity index (χ1v) is 9.48. The standard InChI is InChI=1S/C15H16N2O4S2/c18-15(19)12-7-4-8-17(10-12)23(20,21)13-9-16-14(22-13)11-5-2-1-3-6-11/h1-3,5-6,9,12H,4,7-8,10H2,(H,18,19). The van der Waals surface area contributed by atoms with Crippen molar-refractivity contribution in [1.82, 2.24) is 9.29 Å². The molecule has 2 heterocycles. The third-order valence-electron chi connectivity index (χ3n) is 3.83. The molecule has 1 aromatic carbocycles. The highest BCUT2D eigenvalue weighted by Crippen LogP contribution is 2.31. The molecule has 1 N–H and O–H groups in total. The van der Waals surface area contributed by atoms with E-state index in [0.29, 0.717) is 24.4 Å². The van der Waals surface area contributed by atoms with Gasteiger partial charge in [0.15, 0.2) is 4.21 Å². The van der Waals surface area contributed by atoms with Gasteiger partial charge in [0, 0.05) is 18.7 Å². The van der Waals surface area contributed by atoms with Crippen LogP contribution in [0.2, 0.25) is 0 Å². The second-order valence-electron chi connectivity index (χ2n) is 5.39. The van der Waals surface area contributed by atoms with Crippen LogP contribution in [-0.2, 0) is 14.8 Å². The Morgan fingerprint density at radius 2 is 2.04 bits per heavy atom. The zero-order valence-corrected chi connectivity index (χ0v) is 13.9. The molecule has 1 saturated heterocycles. The molecule has 2 aromatic rings. The Morgan fingerprint density at radius 1 is 1.30 bits per heavy atom. The van der Waals surface area contributed by atoms with Crippen LogP contribution in [0.1, 0.15) is 12.8 Å². The summed E-state index contributed by atoms with van der Waals surface area (Å²) < 4.78 is 26.8. The van der Waals surface area contributed by atoms with Crippen molar-refractivity contribution in [2.45, 2.75) is 17.1 Å². The van der Waals surface area contributed by atoms with Crippen LogP contribution in [0.4, 0.5) is 0 Å². The van der Waals surface area contributed by atoms with Gasteiger partial charge in [-0.15, -0.1) is 11.3 Å². The van der Waals surface area contributed by atoms with E-state index in [1.54, 1.807) is 0 Å². The fourth-order valence-electron chi connectivity index (χ4n) is 2.58. The molecule has 0 amide bonds. The third kappa shape index (κ3) is 3.29. The highest BCUT2D eigenvalue weighted by Gasteiger charge is 2.34. The van der Waals surface area contributed by atoms with E-state index in [9.17, 15) is 13.2 Å². The minimum absolute atomic E-state index is 0.0240. The van der Waals surface area contributed by atoms with E-state index in [2.05, 4.69) is 4.98 Å². The number of rotatable bonds is 4. The van der Waals surface area contributed by atoms with Crippen molar-refractivity contribution in [3.05, 3.63) is 36.5 Å². The molecule has 3 rings (SSSR count). The van der Waals surface area contributed by atoms with Crippen LogP contribution in [0.5, 0.6) is 0 Å². The lowest BCUT2D eigenvalue weighted by atomic mass is 10.0. The quantitative estimate of drug-likeness (QED) is 0.912. The van der Waals surface area contributed by atoms with E-state index >= 15 is 0 Å². The number of hydrogen-bond donors (Lipinski definition) is 1. The number of hydrogen-bond acceptors (Lipinski definition) is 5. The number of sulfonamides is 1. The number of aromatic nitrogens is 1. The molecular formula is C15H16N2O4S2. The zero-order chi connectivity index (χ0) is 16.4. The minimum Gasteiger partial charge on any atom is -0.481 e. The molecule has 0 bridgehead atoms. The first kappa shape index (κ1) is 16.1. The summed E-state index contributed by atoms with van der Waals surface area (Å²) in [4.78, 5) is 15.3. The van der Waals surface area contributed by atoms with Gasteiger partial charge < -0.3 is 5.11 Å². The molecule has 0 spiro atoms. The highest BCUT2D eigenvalue weighted by molar-refractivity contribution is 7.91. The lowest BCUT2D eigenvalue weighted by molar-refractivity contribution is -0.142. The Kier molecular flexibility index (Phi) is 4.47. The maximum atomic E-state index is 12.7. The predicted octanol–water partition coefficient (Wildman–Crippen LogP) is 2.30. The van der Waals surface area contributed by atoms with E-state index in [0.717, 1.165) is 16.9 Å². The van der Waals surface area contributed by atoms with Crippen molar-refractivity contribution in [1.29, 1.82) is 0 Å². The summed E-state index contributed by atoms with van der Waals surface area (Å²) in [6.45, 7) is 0.376. The Bertz CT molecular complexity index is 802. The summed E-state index contributed by atoms with van der Waals surface area (Å²) in [7, 11) is -3.69. The molecule has 1 aromatic heterocycles. The maximum absolute atomic E-state index is 12.7. The summed E-state index contributed by atoms with van der Waals surface area (Å²) in [6.07, 6.45) is 2.42. The molecule has 1 fully saturated rings. The first-order chi connectivity index (χ1) is 11.0. The Hall–Kier alpha value is -1.77. The molecule has 6 nitrogen and oxygen atoms in total. The van der Waals surface area contributed by atoms with E-state index < -0.39 is 21.9 Å². The van der Waals surface area contributed by atoms with Crippen molar-refractivity contribution in [3.63, 3.8) is 0 Å². The van der Waals surface area contributed by atoms with Gasteiger partial charge in [-0.1, -0.05) is 30.3 Å². The number of carboxylic acid groups (broad SMARTS) is 1. The molecule has 8 heteroatoms. The second kappa shape index (κ2) is 6.38. The fourth-order valence-corrected chi connectivity index (χ4v) is 5.40. The molecule has 122 valence electrons. The second-order valence-corrected chi connectivity index (χ2v) is 8.59. The van der Waals surface area contributed by atoms with Crippen LogP contribution in [0.25, 0.3) is 10.6 Å². The molecule has 0 radical (unpaired) electrons. The summed E-state index contributed by atoms with van der Waals surface area (Å²) in [5.74, 6) is -1.58. The average molecular weight is 352 g/mol. The van der Waals surface area contributed by atoms with Crippen LogP contribution >= 0.6 is 11.3 Å². The first-order valence-electron chi connectivity index (χ1n) is 7.22. The molecular weight excluding hydrogens is 336 g/mol. The van der Waals surface area contributed by atoms with Crippen molar-refractivity contribution in [2.24, 2.45) is 5.92 Å². The van der Waals surface area contributed by atoms with E-state index in [4.69, 9.17) is 5.11 Å². The monoisotopic (exact) mass is 352 g/mol. The van der Waals surface area contributed by atoms with Gasteiger partial charge in [-0.25, -0.2) is 13.4 Å². The average Bonchev–Trinajstić information content (AvgIpc) is 3.06. The summed E-state index contributed by atoms with van der Waals surface area (Å²) >= 11 is 1.11. The summed E-state index contributed by atoms with van der Waals surface area (Å²) in [6, 6.07) is 9.36. The topological polar surface area (TPSA) is 87.6 Å². The summed E-state index contributed by atoms with van der Waals surface area (Å²) in [5.41, 5.74) is 0.862. The van der Waals surface area contributed by atoms with E-state index in [1.807, 2.05) is 30.3 Å². The number of benzene rings is 1. The van der Waals surface area contributed by atoms with Crippen molar-refractivity contribution >= 4 is 27.3 Å². The zero-order valence-electron chi connectivity index (χ0n) is 12.3. The number of nitrogens with zero attached hydrogens (tertiary/aromatic N) is 2. The van der Waals surface area contributed by atoms with Crippen molar-refractivity contribution in [2.75, 3.05) is 13.1 Å². The lowest BCUT2D eigenvalue weighted by Crippen LogP contribution is -2.42. The SMILES string of the molecule is O=C(O)C1CCCN(S(=O)(=O)c2cnc(-c3ccccc3)s2)C1. The minimum atomic E-state index is -3.69. The number of carboxylic acids is 1. The molecule has 1 aliphatic rings. The third-order valence-corrected chi connectivity index (χ3v) is 7.18. The normalized spacial score (nSPS) is 19.6. The van der Waals surface area contributed by atoms with Crippen LogP contribution in [0.3, 0.4) is 0 Å². The Balaban J connectivity index is 1.86. The van der Waals surface area contributed by atoms with Gasteiger partial charge in [0.25, 0.3) is 10.0 Å². The van der Waals surface area contributed by atoms with E-state index in [-0.39, 0.29) is 10.8 Å². The van der Waals surface area contributed by atoms with Crippen LogP contribution in [0, 0.1) is 5.92 Å². The molecule has 0 saturated carbocycles. The Morgan fingerprint density at radius 3 is 2.74 bits per heavy atom. The smallest absolute Gasteiger partial charge is 0.307 e. The molecule has 1 atom stereocenters. The van der Waals surface area contributed by atoms with Gasteiger partial charge in [-0.3, -0.25) is 4.79 Å². The van der Waals surface area contributed by atoms with E-state index in [1.165, 1.54) is 10.5 Å². The predicted molar refractivity (Wildman–Crippen MR) is 86.7 cm³/mol. The van der Waals surface area contributed by atoms with Gasteiger partial charge >= 0.3 is 5.97 Å². The highest BCUT2D eigenvalue weighted by atomic mass is 32.2. The van der Waals surface area contributed by atoms with Gasteiger partial charge in [0.2, 0.25) is 0 Å². The molecule has 1 aliphatic heterocycles. The van der Waals surface area contributed by atoms with Gasteiger partial charge in [-0.05, 0) is 12.8 Å². The van der Waals surface area contributed by atoms with Gasteiger partial charge in [0.1, 0.15) is 5.01 Å². The lowest BCUT2D eigenvalue weighted by Gasteiger charge is -2.29. The Labute approximate surface area is 138 Å². The van der Waals surface area contributed by atoms with Crippen molar-refractivity contribution in [3.8, 4) is 10.6 Å². The largest absolute Gasteiger partial charge is 0.481 e. The van der Waals surface area contributed by atoms with Crippen molar-refractivity contribution < 1.29 is 18.3 Å². The molecule has 0 aliphatic carbocycles. The molecule has 1 unspecified atom stereocenters. The molecule has 23 heavy (non-hydrogen) atoms. The number of aliphatic carboxylic acids is 1. The van der Waals surface area contributed by atoms with Crippen LogP contribution in [0.15, 0.2) is 40.7 Å². The fraction of sp³-hybridized carbons (Fsp3) is 0.333. The number of thiazole rings is 1.